The molecule has 1 aromatic carbocycles. The van der Waals surface area contributed by atoms with Crippen molar-refractivity contribution >= 4 is 17.7 Å². The summed E-state index contributed by atoms with van der Waals surface area (Å²) in [5.41, 5.74) is 0. The number of hydrogen-bond donors (Lipinski definition) is 3. The number of rotatable bonds is 6. The summed E-state index contributed by atoms with van der Waals surface area (Å²) < 4.78 is 0. The van der Waals surface area contributed by atoms with Crippen LogP contribution in [0.2, 0.25) is 0 Å². The molecule has 0 bridgehead atoms. The molecule has 0 radical (unpaired) electrons. The Morgan fingerprint density at radius 1 is 1.26 bits per heavy atom. The zero-order chi connectivity index (χ0) is 16.5. The Morgan fingerprint density at radius 3 is 2.61 bits per heavy atom. The fraction of sp³-hybridized carbons (Fsp3) is 0.611. The van der Waals surface area contributed by atoms with Crippen molar-refractivity contribution in [3.8, 4) is 0 Å². The van der Waals surface area contributed by atoms with E-state index in [1.807, 2.05) is 17.8 Å². The van der Waals surface area contributed by atoms with Crippen molar-refractivity contribution in [2.75, 3.05) is 13.1 Å². The Balaban J connectivity index is 1.82. The summed E-state index contributed by atoms with van der Waals surface area (Å²) in [7, 11) is 0. The van der Waals surface area contributed by atoms with Crippen LogP contribution in [0.1, 0.15) is 39.5 Å². The number of nitrogens with zero attached hydrogens (tertiary/aromatic N) is 1. The molecule has 0 amide bonds. The first-order chi connectivity index (χ1) is 11.2. The third-order valence-corrected chi connectivity index (χ3v) is 5.06. The molecule has 5 heteroatoms. The fourth-order valence-electron chi connectivity index (χ4n) is 2.72. The van der Waals surface area contributed by atoms with E-state index in [1.54, 1.807) is 0 Å². The molecule has 1 fully saturated rings. The molecule has 4 nitrogen and oxygen atoms in total. The maximum atomic E-state index is 9.60. The summed E-state index contributed by atoms with van der Waals surface area (Å²) in [6, 6.07) is 10.9. The Bertz CT molecular complexity index is 472. The lowest BCUT2D eigenvalue weighted by molar-refractivity contribution is 0.120. The quantitative estimate of drug-likeness (QED) is 0.425. The maximum Gasteiger partial charge on any atom is 0.191 e. The van der Waals surface area contributed by atoms with Gasteiger partial charge in [-0.05, 0) is 44.7 Å². The molecule has 1 aliphatic carbocycles. The van der Waals surface area contributed by atoms with Gasteiger partial charge in [0, 0.05) is 22.7 Å². The number of aliphatic hydroxyl groups excluding tert-OH is 1. The van der Waals surface area contributed by atoms with E-state index in [0.717, 1.165) is 44.7 Å². The molecular weight excluding hydrogens is 306 g/mol. The van der Waals surface area contributed by atoms with Crippen molar-refractivity contribution in [2.24, 2.45) is 4.99 Å². The van der Waals surface area contributed by atoms with E-state index < -0.39 is 0 Å². The lowest BCUT2D eigenvalue weighted by atomic mass is 9.93. The SMILES string of the molecule is CCNC(=NCC(C)Sc1ccccc1)NC1CCC(O)CC1. The predicted octanol–water partition coefficient (Wildman–Crippen LogP) is 3.03. The number of hydrogen-bond acceptors (Lipinski definition) is 3. The Labute approximate surface area is 144 Å². The number of guanidine groups is 1. The second kappa shape index (κ2) is 9.83. The van der Waals surface area contributed by atoms with Crippen molar-refractivity contribution in [1.29, 1.82) is 0 Å². The van der Waals surface area contributed by atoms with Crippen LogP contribution in [0.4, 0.5) is 0 Å². The van der Waals surface area contributed by atoms with Gasteiger partial charge < -0.3 is 15.7 Å². The van der Waals surface area contributed by atoms with Gasteiger partial charge in [0.2, 0.25) is 0 Å². The van der Waals surface area contributed by atoms with Crippen LogP contribution >= 0.6 is 11.8 Å². The topological polar surface area (TPSA) is 56.7 Å². The van der Waals surface area contributed by atoms with Crippen LogP contribution < -0.4 is 10.6 Å². The van der Waals surface area contributed by atoms with Gasteiger partial charge in [-0.2, -0.15) is 0 Å². The van der Waals surface area contributed by atoms with Gasteiger partial charge in [-0.25, -0.2) is 0 Å². The normalized spacial score (nSPS) is 23.3. The molecule has 1 unspecified atom stereocenters. The fourth-order valence-corrected chi connectivity index (χ4v) is 3.65. The van der Waals surface area contributed by atoms with Crippen molar-refractivity contribution in [3.63, 3.8) is 0 Å². The highest BCUT2D eigenvalue weighted by atomic mass is 32.2. The van der Waals surface area contributed by atoms with Crippen LogP contribution in [0.25, 0.3) is 0 Å². The van der Waals surface area contributed by atoms with E-state index in [1.165, 1.54) is 4.90 Å². The average Bonchev–Trinajstić information content (AvgIpc) is 2.56. The summed E-state index contributed by atoms with van der Waals surface area (Å²) in [4.78, 5) is 6.02. The lowest BCUT2D eigenvalue weighted by Crippen LogP contribution is -2.45. The third-order valence-electron chi connectivity index (χ3n) is 3.97. The van der Waals surface area contributed by atoms with Gasteiger partial charge in [-0.1, -0.05) is 25.1 Å². The molecule has 3 N–H and O–H groups in total. The van der Waals surface area contributed by atoms with Crippen LogP contribution in [-0.4, -0.2) is 41.6 Å². The first-order valence-electron chi connectivity index (χ1n) is 8.62. The second-order valence-electron chi connectivity index (χ2n) is 6.11. The van der Waals surface area contributed by atoms with E-state index >= 15 is 0 Å². The monoisotopic (exact) mass is 335 g/mol. The third kappa shape index (κ3) is 6.83. The molecule has 0 saturated heterocycles. The molecule has 1 aromatic rings. The molecule has 128 valence electrons. The maximum absolute atomic E-state index is 9.60. The van der Waals surface area contributed by atoms with Gasteiger partial charge in [0.25, 0.3) is 0 Å². The Morgan fingerprint density at radius 2 is 1.96 bits per heavy atom. The molecule has 0 aromatic heterocycles. The van der Waals surface area contributed by atoms with Crippen molar-refractivity contribution in [3.05, 3.63) is 30.3 Å². The molecule has 1 aliphatic rings. The molecule has 23 heavy (non-hydrogen) atoms. The zero-order valence-electron chi connectivity index (χ0n) is 14.2. The van der Waals surface area contributed by atoms with Crippen LogP contribution in [0.3, 0.4) is 0 Å². The Kier molecular flexibility index (Phi) is 7.76. The number of aliphatic hydroxyl groups is 1. The highest BCUT2D eigenvalue weighted by Gasteiger charge is 2.20. The molecule has 1 atom stereocenters. The van der Waals surface area contributed by atoms with Gasteiger partial charge in [0.05, 0.1) is 12.6 Å². The van der Waals surface area contributed by atoms with E-state index in [-0.39, 0.29) is 6.10 Å². The van der Waals surface area contributed by atoms with Crippen molar-refractivity contribution in [1.82, 2.24) is 10.6 Å². The first kappa shape index (κ1) is 18.1. The standard InChI is InChI=1S/C18H29N3OS/c1-3-19-18(21-15-9-11-16(22)12-10-15)20-13-14(2)23-17-7-5-4-6-8-17/h4-8,14-16,22H,3,9-13H2,1-2H3,(H2,19,20,21). The van der Waals surface area contributed by atoms with Gasteiger partial charge in [-0.3, -0.25) is 4.99 Å². The van der Waals surface area contributed by atoms with Crippen LogP contribution in [-0.2, 0) is 0 Å². The van der Waals surface area contributed by atoms with Crippen LogP contribution in [0.5, 0.6) is 0 Å². The minimum absolute atomic E-state index is 0.116. The number of nitrogens with one attached hydrogen (secondary N) is 2. The minimum Gasteiger partial charge on any atom is -0.393 e. The second-order valence-corrected chi connectivity index (χ2v) is 7.62. The summed E-state index contributed by atoms with van der Waals surface area (Å²) >= 11 is 1.85. The van der Waals surface area contributed by atoms with Crippen molar-refractivity contribution in [2.45, 2.75) is 61.8 Å². The summed E-state index contributed by atoms with van der Waals surface area (Å²) in [6.45, 7) is 5.94. The number of aliphatic imine (C=N–C) groups is 1. The van der Waals surface area contributed by atoms with Gasteiger partial charge in [0.15, 0.2) is 5.96 Å². The van der Waals surface area contributed by atoms with Gasteiger partial charge >= 0.3 is 0 Å². The molecule has 0 heterocycles. The molecule has 1 saturated carbocycles. The number of thioether (sulfide) groups is 1. The highest BCUT2D eigenvalue weighted by molar-refractivity contribution is 8.00. The van der Waals surface area contributed by atoms with Crippen LogP contribution in [0, 0.1) is 0 Å². The van der Waals surface area contributed by atoms with Gasteiger partial charge in [-0.15, -0.1) is 11.8 Å². The summed E-state index contributed by atoms with van der Waals surface area (Å²) in [6.07, 6.45) is 3.68. The molecular formula is C18H29N3OS. The van der Waals surface area contributed by atoms with Gasteiger partial charge in [0.1, 0.15) is 0 Å². The number of benzene rings is 1. The lowest BCUT2D eigenvalue weighted by Gasteiger charge is -2.27. The van der Waals surface area contributed by atoms with Crippen molar-refractivity contribution < 1.29 is 5.11 Å². The largest absolute Gasteiger partial charge is 0.393 e. The highest BCUT2D eigenvalue weighted by Crippen LogP contribution is 2.22. The zero-order valence-corrected chi connectivity index (χ0v) is 15.0. The van der Waals surface area contributed by atoms with E-state index in [2.05, 4.69) is 48.7 Å². The molecule has 0 spiro atoms. The first-order valence-corrected chi connectivity index (χ1v) is 9.50. The summed E-state index contributed by atoms with van der Waals surface area (Å²) in [5.74, 6) is 0.898. The smallest absolute Gasteiger partial charge is 0.191 e. The molecule has 2 rings (SSSR count). The van der Waals surface area contributed by atoms with E-state index in [0.29, 0.717) is 11.3 Å². The Hall–Kier alpha value is -1.20. The average molecular weight is 336 g/mol. The van der Waals surface area contributed by atoms with Crippen LogP contribution in [0.15, 0.2) is 40.2 Å². The minimum atomic E-state index is -0.116. The predicted molar refractivity (Wildman–Crippen MR) is 99.1 cm³/mol. The summed E-state index contributed by atoms with van der Waals surface area (Å²) in [5, 5.41) is 16.9. The van der Waals surface area contributed by atoms with E-state index in [9.17, 15) is 5.11 Å². The molecule has 0 aliphatic heterocycles. The van der Waals surface area contributed by atoms with E-state index in [4.69, 9.17) is 4.99 Å².